The third kappa shape index (κ3) is 5.48. The summed E-state index contributed by atoms with van der Waals surface area (Å²) in [5, 5.41) is 3.13. The lowest BCUT2D eigenvalue weighted by Crippen LogP contribution is -2.32. The van der Waals surface area contributed by atoms with E-state index in [0.29, 0.717) is 6.42 Å². The highest BCUT2D eigenvalue weighted by Gasteiger charge is 2.32. The first kappa shape index (κ1) is 22.0. The van der Waals surface area contributed by atoms with Crippen molar-refractivity contribution in [3.8, 4) is 0 Å². The first-order valence-electron chi connectivity index (χ1n) is 10.6. The Balaban J connectivity index is 1.69. The first-order chi connectivity index (χ1) is 14.4. The van der Waals surface area contributed by atoms with Crippen molar-refractivity contribution < 1.29 is 4.79 Å². The molecule has 30 heavy (non-hydrogen) atoms. The summed E-state index contributed by atoms with van der Waals surface area (Å²) in [6, 6.07) is 10.3. The van der Waals surface area contributed by atoms with E-state index in [1.165, 1.54) is 11.3 Å². The van der Waals surface area contributed by atoms with E-state index in [0.717, 1.165) is 49.7 Å². The molecular formula is C23H34N6O. The Morgan fingerprint density at radius 3 is 2.53 bits per heavy atom. The zero-order valence-electron chi connectivity index (χ0n) is 18.9. The Morgan fingerprint density at radius 2 is 1.90 bits per heavy atom. The molecule has 162 valence electrons. The highest BCUT2D eigenvalue weighted by molar-refractivity contribution is 5.77. The molecule has 1 aliphatic rings. The van der Waals surface area contributed by atoms with E-state index in [1.807, 2.05) is 46.2 Å². The van der Waals surface area contributed by atoms with Gasteiger partial charge in [0.25, 0.3) is 0 Å². The second kappa shape index (κ2) is 9.89. The number of carbonyl (C=O) groups is 1. The lowest BCUT2D eigenvalue weighted by Gasteiger charge is -2.25. The van der Waals surface area contributed by atoms with Gasteiger partial charge in [-0.15, -0.1) is 0 Å². The van der Waals surface area contributed by atoms with Gasteiger partial charge in [0, 0.05) is 52.4 Å². The molecule has 7 nitrogen and oxygen atoms in total. The molecule has 0 bridgehead atoms. The molecule has 1 amide bonds. The number of hydrogen-bond acceptors (Lipinski definition) is 6. The average Bonchev–Trinajstić information content (AvgIpc) is 3.21. The van der Waals surface area contributed by atoms with Gasteiger partial charge in [-0.2, -0.15) is 0 Å². The molecule has 0 unspecified atom stereocenters. The van der Waals surface area contributed by atoms with Crippen LogP contribution in [-0.4, -0.2) is 67.5 Å². The Morgan fingerprint density at radius 1 is 1.17 bits per heavy atom. The van der Waals surface area contributed by atoms with Crippen molar-refractivity contribution in [1.29, 1.82) is 0 Å². The van der Waals surface area contributed by atoms with Crippen molar-refractivity contribution in [3.05, 3.63) is 47.4 Å². The zero-order chi connectivity index (χ0) is 21.7. The molecule has 0 saturated carbocycles. The number of benzene rings is 1. The van der Waals surface area contributed by atoms with Crippen LogP contribution in [0.3, 0.4) is 0 Å². The fourth-order valence-electron chi connectivity index (χ4n) is 3.89. The van der Waals surface area contributed by atoms with Crippen LogP contribution in [0, 0.1) is 0 Å². The van der Waals surface area contributed by atoms with E-state index in [2.05, 4.69) is 44.4 Å². The molecule has 0 aliphatic carbocycles. The summed E-state index contributed by atoms with van der Waals surface area (Å²) in [6.07, 6.45) is 3.16. The van der Waals surface area contributed by atoms with Crippen molar-refractivity contribution in [2.24, 2.45) is 0 Å². The van der Waals surface area contributed by atoms with E-state index in [9.17, 15) is 4.79 Å². The van der Waals surface area contributed by atoms with Crippen LogP contribution in [0.15, 0.2) is 30.3 Å². The molecule has 1 fully saturated rings. The Labute approximate surface area is 180 Å². The first-order valence-corrected chi connectivity index (χ1v) is 10.6. The summed E-state index contributed by atoms with van der Waals surface area (Å²) in [5.41, 5.74) is 3.32. The number of rotatable bonds is 8. The largest absolute Gasteiger partial charge is 0.378 e. The Hall–Kier alpha value is -2.67. The van der Waals surface area contributed by atoms with Crippen LogP contribution in [0.4, 0.5) is 11.5 Å². The average molecular weight is 411 g/mol. The highest BCUT2D eigenvalue weighted by atomic mass is 16.2. The molecule has 3 rings (SSSR count). The molecule has 0 spiro atoms. The third-order valence-corrected chi connectivity index (χ3v) is 5.48. The fraction of sp³-hybridized carbons (Fsp3) is 0.522. The van der Waals surface area contributed by atoms with Crippen LogP contribution in [0.2, 0.25) is 0 Å². The van der Waals surface area contributed by atoms with E-state index in [-0.39, 0.29) is 11.9 Å². The number of nitrogens with one attached hydrogen (secondary N) is 1. The summed E-state index contributed by atoms with van der Waals surface area (Å²) in [6.45, 7) is 1.52. The monoisotopic (exact) mass is 410 g/mol. The Bertz CT molecular complexity index is 849. The van der Waals surface area contributed by atoms with Crippen molar-refractivity contribution >= 4 is 17.4 Å². The molecular weight excluding hydrogens is 376 g/mol. The second-order valence-electron chi connectivity index (χ2n) is 8.40. The third-order valence-electron chi connectivity index (χ3n) is 5.48. The van der Waals surface area contributed by atoms with Crippen molar-refractivity contribution in [3.63, 3.8) is 0 Å². The van der Waals surface area contributed by atoms with Gasteiger partial charge >= 0.3 is 0 Å². The summed E-state index contributed by atoms with van der Waals surface area (Å²) in [5.74, 6) is 1.74. The number of anilines is 2. The van der Waals surface area contributed by atoms with Gasteiger partial charge in [-0.25, -0.2) is 9.97 Å². The van der Waals surface area contributed by atoms with Gasteiger partial charge < -0.3 is 20.0 Å². The molecule has 1 N–H and O–H groups in total. The summed E-state index contributed by atoms with van der Waals surface area (Å²) in [7, 11) is 9.97. The lowest BCUT2D eigenvalue weighted by molar-refractivity contribution is -0.132. The number of likely N-dealkylation sites (tertiary alicyclic amines) is 1. The Kier molecular flexibility index (Phi) is 7.26. The maximum Gasteiger partial charge on any atom is 0.223 e. The van der Waals surface area contributed by atoms with Crippen LogP contribution in [-0.2, 0) is 17.8 Å². The second-order valence-corrected chi connectivity index (χ2v) is 8.40. The van der Waals surface area contributed by atoms with Crippen LogP contribution in [0.25, 0.3) is 0 Å². The van der Waals surface area contributed by atoms with Gasteiger partial charge in [0.05, 0.1) is 11.7 Å². The summed E-state index contributed by atoms with van der Waals surface area (Å²) in [4.78, 5) is 28.6. The SMILES string of the molecule is CNc1cc(CN(C)C)nc([C@H]2CCCN2C(=O)CCc2ccc(N(C)C)cc2)n1. The minimum atomic E-state index is -0.0390. The molecule has 1 aromatic carbocycles. The van der Waals surface area contributed by atoms with Crippen molar-refractivity contribution in [2.75, 3.05) is 52.0 Å². The van der Waals surface area contributed by atoms with E-state index >= 15 is 0 Å². The van der Waals surface area contributed by atoms with Crippen molar-refractivity contribution in [1.82, 2.24) is 19.8 Å². The molecule has 1 atom stereocenters. The summed E-state index contributed by atoms with van der Waals surface area (Å²) < 4.78 is 0. The number of aromatic nitrogens is 2. The number of hydrogen-bond donors (Lipinski definition) is 1. The fourth-order valence-corrected chi connectivity index (χ4v) is 3.89. The molecule has 2 aromatic rings. The molecule has 0 radical (unpaired) electrons. The smallest absolute Gasteiger partial charge is 0.223 e. The minimum Gasteiger partial charge on any atom is -0.378 e. The number of nitrogens with zero attached hydrogens (tertiary/aromatic N) is 5. The van der Waals surface area contributed by atoms with Gasteiger partial charge in [-0.1, -0.05) is 12.1 Å². The predicted octanol–water partition coefficient (Wildman–Crippen LogP) is 2.94. The van der Waals surface area contributed by atoms with E-state index < -0.39 is 0 Å². The molecule has 2 heterocycles. The molecule has 1 aliphatic heterocycles. The van der Waals surface area contributed by atoms with Gasteiger partial charge in [0.1, 0.15) is 5.82 Å². The van der Waals surface area contributed by atoms with Gasteiger partial charge in [0.2, 0.25) is 5.91 Å². The van der Waals surface area contributed by atoms with Gasteiger partial charge in [-0.05, 0) is 51.1 Å². The summed E-state index contributed by atoms with van der Waals surface area (Å²) >= 11 is 0. The topological polar surface area (TPSA) is 64.6 Å². The van der Waals surface area contributed by atoms with E-state index in [4.69, 9.17) is 4.98 Å². The van der Waals surface area contributed by atoms with Crippen LogP contribution in [0.5, 0.6) is 0 Å². The maximum absolute atomic E-state index is 13.0. The number of aryl methyl sites for hydroxylation is 1. The lowest BCUT2D eigenvalue weighted by atomic mass is 10.1. The standard InChI is InChI=1S/C23H34N6O/c1-24-21-15-18(16-27(2)3)25-23(26-21)20-7-6-14-29(20)22(30)13-10-17-8-11-19(12-9-17)28(4)5/h8-9,11-12,15,20H,6-7,10,13-14,16H2,1-5H3,(H,24,25,26)/t20-/m1/s1. The van der Waals surface area contributed by atoms with Gasteiger partial charge in [0.15, 0.2) is 5.82 Å². The zero-order valence-corrected chi connectivity index (χ0v) is 18.9. The van der Waals surface area contributed by atoms with Gasteiger partial charge in [-0.3, -0.25) is 4.79 Å². The normalized spacial score (nSPS) is 16.2. The van der Waals surface area contributed by atoms with E-state index in [1.54, 1.807) is 0 Å². The molecule has 7 heteroatoms. The quantitative estimate of drug-likeness (QED) is 0.722. The van der Waals surface area contributed by atoms with Crippen LogP contribution < -0.4 is 10.2 Å². The highest BCUT2D eigenvalue weighted by Crippen LogP contribution is 2.31. The number of amides is 1. The predicted molar refractivity (Wildman–Crippen MR) is 122 cm³/mol. The molecule has 1 aromatic heterocycles. The molecule has 1 saturated heterocycles. The van der Waals surface area contributed by atoms with Crippen molar-refractivity contribution in [2.45, 2.75) is 38.3 Å². The van der Waals surface area contributed by atoms with Crippen LogP contribution >= 0.6 is 0 Å². The minimum absolute atomic E-state index is 0.0390. The maximum atomic E-state index is 13.0. The van der Waals surface area contributed by atoms with Crippen LogP contribution in [0.1, 0.15) is 42.4 Å². The number of carbonyl (C=O) groups excluding carboxylic acids is 1.